The second kappa shape index (κ2) is 9.79. The van der Waals surface area contributed by atoms with Gasteiger partial charge in [-0.1, -0.05) is 53.2 Å². The molecule has 0 heterocycles. The maximum atomic E-state index is 12.3. The van der Waals surface area contributed by atoms with Gasteiger partial charge in [0, 0.05) is 32.4 Å². The van der Waals surface area contributed by atoms with Crippen LogP contribution in [0.15, 0.2) is 72.8 Å². The Hall–Kier alpha value is -3.26. The van der Waals surface area contributed by atoms with Gasteiger partial charge in [-0.05, 0) is 54.6 Å². The molecule has 144 valence electrons. The minimum atomic E-state index is -0.345. The van der Waals surface area contributed by atoms with Crippen LogP contribution in [0.5, 0.6) is 0 Å². The predicted octanol–water partition coefficient (Wildman–Crippen LogP) is 5.03. The molecule has 0 radical (unpaired) electrons. The van der Waals surface area contributed by atoms with E-state index in [9.17, 15) is 9.59 Å². The van der Waals surface area contributed by atoms with Crippen LogP contribution in [0.3, 0.4) is 0 Å². The van der Waals surface area contributed by atoms with Crippen molar-refractivity contribution in [3.8, 4) is 11.8 Å². The molecule has 4 nitrogen and oxygen atoms in total. The highest BCUT2D eigenvalue weighted by atomic mass is 35.5. The third-order valence-electron chi connectivity index (χ3n) is 3.87. The van der Waals surface area contributed by atoms with Crippen molar-refractivity contribution in [3.63, 3.8) is 0 Å². The van der Waals surface area contributed by atoms with E-state index in [2.05, 4.69) is 22.5 Å². The first-order valence-corrected chi connectivity index (χ1v) is 9.46. The Kier molecular flexibility index (Phi) is 6.91. The summed E-state index contributed by atoms with van der Waals surface area (Å²) in [5.41, 5.74) is 2.26. The van der Waals surface area contributed by atoms with Crippen molar-refractivity contribution in [3.05, 3.63) is 99.5 Å². The number of nitrogens with one attached hydrogen (secondary N) is 2. The summed E-state index contributed by atoms with van der Waals surface area (Å²) in [7, 11) is 0. The summed E-state index contributed by atoms with van der Waals surface area (Å²) >= 11 is 11.8. The maximum Gasteiger partial charge on any atom is 0.255 e. The topological polar surface area (TPSA) is 58.2 Å². The predicted molar refractivity (Wildman–Crippen MR) is 117 cm³/mol. The molecule has 0 saturated heterocycles. The third kappa shape index (κ3) is 6.11. The Balaban J connectivity index is 1.56. The van der Waals surface area contributed by atoms with Crippen molar-refractivity contribution in [1.29, 1.82) is 0 Å². The number of hydrogen-bond acceptors (Lipinski definition) is 2. The van der Waals surface area contributed by atoms with Gasteiger partial charge in [0.25, 0.3) is 11.8 Å². The largest absolute Gasteiger partial charge is 0.341 e. The molecule has 29 heavy (non-hydrogen) atoms. The molecule has 0 aliphatic heterocycles. The number of anilines is 1. The van der Waals surface area contributed by atoms with Gasteiger partial charge in [0.1, 0.15) is 0 Å². The van der Waals surface area contributed by atoms with Crippen molar-refractivity contribution >= 4 is 40.7 Å². The molecule has 0 atom stereocenters. The minimum absolute atomic E-state index is 0.238. The van der Waals surface area contributed by atoms with Gasteiger partial charge in [-0.15, -0.1) is 0 Å². The fraction of sp³-hybridized carbons (Fsp3) is 0.0435. The molecular formula is C23H16Cl2N2O2. The average Bonchev–Trinajstić information content (AvgIpc) is 2.71. The lowest BCUT2D eigenvalue weighted by molar-refractivity contribution is 0.0958. The molecule has 3 rings (SSSR count). The van der Waals surface area contributed by atoms with Gasteiger partial charge >= 0.3 is 0 Å². The number of rotatable bonds is 4. The monoisotopic (exact) mass is 422 g/mol. The number of amides is 2. The smallest absolute Gasteiger partial charge is 0.255 e. The standard InChI is InChI=1S/C23H16Cl2N2O2/c24-19-13-18(14-20(25)15-19)23(29)27-21-10-8-17(9-11-21)22(28)26-12-4-7-16-5-2-1-3-6-16/h1-3,5-6,8-11,13-15H,12H2,(H,26,28)(H,27,29). The Bertz CT molecular complexity index is 1070. The van der Waals surface area contributed by atoms with Crippen LogP contribution in [0.4, 0.5) is 5.69 Å². The molecule has 0 spiro atoms. The molecule has 0 bridgehead atoms. The molecular weight excluding hydrogens is 407 g/mol. The number of hydrogen-bond donors (Lipinski definition) is 2. The van der Waals surface area contributed by atoms with Crippen LogP contribution in [0.1, 0.15) is 26.3 Å². The van der Waals surface area contributed by atoms with Gasteiger partial charge < -0.3 is 10.6 Å². The van der Waals surface area contributed by atoms with Gasteiger partial charge in [0.05, 0.1) is 6.54 Å². The highest BCUT2D eigenvalue weighted by Gasteiger charge is 2.09. The van der Waals surface area contributed by atoms with Crippen LogP contribution in [-0.2, 0) is 0 Å². The van der Waals surface area contributed by atoms with Gasteiger partial charge in [-0.2, -0.15) is 0 Å². The lowest BCUT2D eigenvalue weighted by Crippen LogP contribution is -2.23. The second-order valence-electron chi connectivity index (χ2n) is 6.04. The molecule has 6 heteroatoms. The lowest BCUT2D eigenvalue weighted by atomic mass is 10.1. The number of halogens is 2. The summed E-state index contributed by atoms with van der Waals surface area (Å²) in [6.07, 6.45) is 0. The molecule has 0 aliphatic carbocycles. The van der Waals surface area contributed by atoms with Crippen molar-refractivity contribution in [2.45, 2.75) is 0 Å². The van der Waals surface area contributed by atoms with Crippen LogP contribution >= 0.6 is 23.2 Å². The van der Waals surface area contributed by atoms with Crippen LogP contribution in [0.2, 0.25) is 10.0 Å². The number of benzene rings is 3. The van der Waals surface area contributed by atoms with Gasteiger partial charge in [0.2, 0.25) is 0 Å². The van der Waals surface area contributed by atoms with E-state index < -0.39 is 0 Å². The molecule has 3 aromatic rings. The highest BCUT2D eigenvalue weighted by Crippen LogP contribution is 2.20. The summed E-state index contributed by atoms with van der Waals surface area (Å²) < 4.78 is 0. The van der Waals surface area contributed by atoms with E-state index in [1.165, 1.54) is 12.1 Å². The Morgan fingerprint density at radius 1 is 0.793 bits per heavy atom. The van der Waals surface area contributed by atoms with Gasteiger partial charge in [-0.25, -0.2) is 0 Å². The van der Waals surface area contributed by atoms with Crippen LogP contribution in [0.25, 0.3) is 0 Å². The Labute approximate surface area is 178 Å². The van der Waals surface area contributed by atoms with E-state index in [-0.39, 0.29) is 18.4 Å². The lowest BCUT2D eigenvalue weighted by Gasteiger charge is -2.07. The third-order valence-corrected chi connectivity index (χ3v) is 4.31. The van der Waals surface area contributed by atoms with Crippen molar-refractivity contribution < 1.29 is 9.59 Å². The van der Waals surface area contributed by atoms with Crippen molar-refractivity contribution in [1.82, 2.24) is 5.32 Å². The zero-order valence-corrected chi connectivity index (χ0v) is 16.7. The summed E-state index contributed by atoms with van der Waals surface area (Å²) in [6.45, 7) is 0.238. The summed E-state index contributed by atoms with van der Waals surface area (Å²) in [6, 6.07) is 20.7. The average molecular weight is 423 g/mol. The number of carbonyl (C=O) groups is 2. The molecule has 2 N–H and O–H groups in total. The Morgan fingerprint density at radius 3 is 2.10 bits per heavy atom. The van der Waals surface area contributed by atoms with Gasteiger partial charge in [0.15, 0.2) is 0 Å². The summed E-state index contributed by atoms with van der Waals surface area (Å²) in [5, 5.41) is 6.24. The van der Waals surface area contributed by atoms with Crippen LogP contribution in [0, 0.1) is 11.8 Å². The molecule has 0 fully saturated rings. The van der Waals surface area contributed by atoms with E-state index in [4.69, 9.17) is 23.2 Å². The van der Waals surface area contributed by atoms with Crippen molar-refractivity contribution in [2.24, 2.45) is 0 Å². The van der Waals surface area contributed by atoms with E-state index in [1.807, 2.05) is 30.3 Å². The molecule has 2 amide bonds. The normalized spacial score (nSPS) is 9.86. The van der Waals surface area contributed by atoms with Crippen molar-refractivity contribution in [2.75, 3.05) is 11.9 Å². The molecule has 0 saturated carbocycles. The second-order valence-corrected chi connectivity index (χ2v) is 6.91. The molecule has 0 aliphatic rings. The first kappa shape index (κ1) is 20.5. The zero-order chi connectivity index (χ0) is 20.6. The fourth-order valence-corrected chi connectivity index (χ4v) is 3.01. The van der Waals surface area contributed by atoms with Crippen LogP contribution < -0.4 is 10.6 Å². The van der Waals surface area contributed by atoms with Gasteiger partial charge in [-0.3, -0.25) is 9.59 Å². The van der Waals surface area contributed by atoms with E-state index in [0.717, 1.165) is 5.56 Å². The minimum Gasteiger partial charge on any atom is -0.341 e. The molecule has 0 unspecified atom stereocenters. The first-order chi connectivity index (χ1) is 14.0. The maximum absolute atomic E-state index is 12.3. The fourth-order valence-electron chi connectivity index (χ4n) is 2.49. The summed E-state index contributed by atoms with van der Waals surface area (Å²) in [4.78, 5) is 24.5. The quantitative estimate of drug-likeness (QED) is 0.579. The SMILES string of the molecule is O=C(NCC#Cc1ccccc1)c1ccc(NC(=O)c2cc(Cl)cc(Cl)c2)cc1. The van der Waals surface area contributed by atoms with E-state index in [0.29, 0.717) is 26.9 Å². The molecule has 3 aromatic carbocycles. The zero-order valence-electron chi connectivity index (χ0n) is 15.2. The highest BCUT2D eigenvalue weighted by molar-refractivity contribution is 6.35. The Morgan fingerprint density at radius 2 is 1.45 bits per heavy atom. The summed E-state index contributed by atoms with van der Waals surface area (Å²) in [5.74, 6) is 5.29. The first-order valence-electron chi connectivity index (χ1n) is 8.71. The van der Waals surface area contributed by atoms with E-state index in [1.54, 1.807) is 30.3 Å². The number of carbonyl (C=O) groups excluding carboxylic acids is 2. The van der Waals surface area contributed by atoms with Crippen LogP contribution in [-0.4, -0.2) is 18.4 Å². The van der Waals surface area contributed by atoms with E-state index >= 15 is 0 Å². The molecule has 0 aromatic heterocycles.